The predicted molar refractivity (Wildman–Crippen MR) is 153 cm³/mol. The molecule has 4 N–H and O–H groups in total. The van der Waals surface area contributed by atoms with Crippen LogP contribution in [-0.4, -0.2) is 39.7 Å². The molecule has 1 saturated carbocycles. The molecule has 12 heteroatoms. The number of aromatic nitrogens is 2. The maximum Gasteiger partial charge on any atom is 0.348 e. The van der Waals surface area contributed by atoms with Gasteiger partial charge in [-0.25, -0.2) is 14.2 Å². The molecule has 1 aliphatic rings. The lowest BCUT2D eigenvalue weighted by Gasteiger charge is -2.18. The van der Waals surface area contributed by atoms with E-state index >= 15 is 0 Å². The average Bonchev–Trinajstić information content (AvgIpc) is 3.71. The molecule has 0 radical (unpaired) electrons. The van der Waals surface area contributed by atoms with E-state index in [-0.39, 0.29) is 36.7 Å². The van der Waals surface area contributed by atoms with Gasteiger partial charge in [0.15, 0.2) is 5.69 Å². The second-order valence-corrected chi connectivity index (χ2v) is 12.2. The minimum atomic E-state index is -0.882. The molecule has 210 valence electrons. The minimum absolute atomic E-state index is 0.0389. The van der Waals surface area contributed by atoms with Crippen LogP contribution in [0.2, 0.25) is 0 Å². The van der Waals surface area contributed by atoms with Crippen molar-refractivity contribution in [1.29, 1.82) is 0 Å². The van der Waals surface area contributed by atoms with Crippen LogP contribution in [0.25, 0.3) is 4.96 Å². The third-order valence-electron chi connectivity index (χ3n) is 6.86. The fourth-order valence-electron chi connectivity index (χ4n) is 4.76. The number of carbonyl (C=O) groups is 3. The normalized spacial score (nSPS) is 14.2. The highest BCUT2D eigenvalue weighted by Crippen LogP contribution is 2.26. The Kier molecular flexibility index (Phi) is 8.36. The maximum absolute atomic E-state index is 13.3. The molecule has 0 saturated heterocycles. The number of nitrogens with one attached hydrogen (secondary N) is 3. The van der Waals surface area contributed by atoms with Crippen LogP contribution in [0.3, 0.4) is 0 Å². The number of esters is 1. The van der Waals surface area contributed by atoms with Gasteiger partial charge in [0.05, 0.1) is 18.6 Å². The van der Waals surface area contributed by atoms with Gasteiger partial charge in [-0.2, -0.15) is 4.40 Å². The number of ether oxygens (including phenoxy) is 1. The predicted octanol–water partition coefficient (Wildman–Crippen LogP) is 4.05. The number of aryl methyl sites for hydroxylation is 2. The van der Waals surface area contributed by atoms with Crippen molar-refractivity contribution < 1.29 is 28.6 Å². The molecule has 3 heterocycles. The molecular formula is C28H32N5O5S2+. The summed E-state index contributed by atoms with van der Waals surface area (Å²) in [4.78, 5) is 41.3. The van der Waals surface area contributed by atoms with E-state index in [4.69, 9.17) is 4.74 Å². The third-order valence-corrected chi connectivity index (χ3v) is 8.94. The summed E-state index contributed by atoms with van der Waals surface area (Å²) < 4.78 is 9.60. The number of thiazole rings is 1. The third kappa shape index (κ3) is 6.62. The summed E-state index contributed by atoms with van der Waals surface area (Å²) in [6.45, 7) is 2.33. The Bertz CT molecular complexity index is 1520. The molecule has 1 atom stereocenters. The molecule has 0 unspecified atom stereocenters. The first-order chi connectivity index (χ1) is 19.2. The lowest BCUT2D eigenvalue weighted by molar-refractivity contribution is -0.506. The molecule has 4 aromatic rings. The summed E-state index contributed by atoms with van der Waals surface area (Å²) in [5, 5.41) is 18.5. The van der Waals surface area contributed by atoms with Crippen LogP contribution < -0.4 is 20.4 Å². The van der Waals surface area contributed by atoms with Crippen molar-refractivity contribution in [1.82, 2.24) is 15.2 Å². The molecule has 1 aromatic carbocycles. The summed E-state index contributed by atoms with van der Waals surface area (Å²) in [6.07, 6.45) is 8.09. The van der Waals surface area contributed by atoms with Crippen LogP contribution in [0.5, 0.6) is 5.75 Å². The molecule has 1 fully saturated rings. The molecule has 1 aliphatic carbocycles. The van der Waals surface area contributed by atoms with Gasteiger partial charge in [0.25, 0.3) is 0 Å². The summed E-state index contributed by atoms with van der Waals surface area (Å²) >= 11 is 2.79. The molecule has 0 bridgehead atoms. The SMILES string of the molecule is Cc1c[n+]2cc(CNC(=O)[C@H](Cc3ccc(O)cc3)NC(=O)Nc3ccc(C(=O)OC4CCCC4)s3)n(C)c2s1. The van der Waals surface area contributed by atoms with Crippen molar-refractivity contribution in [2.75, 3.05) is 5.32 Å². The number of nitrogens with zero attached hydrogens (tertiary/aromatic N) is 2. The highest BCUT2D eigenvalue weighted by Gasteiger charge is 2.25. The van der Waals surface area contributed by atoms with Gasteiger partial charge in [-0.3, -0.25) is 10.1 Å². The lowest BCUT2D eigenvalue weighted by atomic mass is 10.1. The smallest absolute Gasteiger partial charge is 0.348 e. The Hall–Kier alpha value is -3.90. The van der Waals surface area contributed by atoms with Gasteiger partial charge >= 0.3 is 17.0 Å². The average molecular weight is 583 g/mol. The quantitative estimate of drug-likeness (QED) is 0.175. The van der Waals surface area contributed by atoms with Crippen molar-refractivity contribution in [3.63, 3.8) is 0 Å². The number of amides is 3. The highest BCUT2D eigenvalue weighted by atomic mass is 32.1. The van der Waals surface area contributed by atoms with E-state index in [1.165, 1.54) is 17.0 Å². The Morgan fingerprint density at radius 3 is 2.58 bits per heavy atom. The molecule has 3 aromatic heterocycles. The summed E-state index contributed by atoms with van der Waals surface area (Å²) in [7, 11) is 1.95. The number of hydrogen-bond acceptors (Lipinski definition) is 7. The number of carbonyl (C=O) groups excluding carboxylic acids is 3. The first-order valence-corrected chi connectivity index (χ1v) is 14.8. The van der Waals surface area contributed by atoms with Crippen LogP contribution in [0.4, 0.5) is 9.80 Å². The zero-order valence-corrected chi connectivity index (χ0v) is 23.9. The summed E-state index contributed by atoms with van der Waals surface area (Å²) in [5.41, 5.74) is 1.69. The standard InChI is InChI=1S/C28H31N5O5S2/c1-17-15-33-16-19(32(2)28(33)39-17)14-29-25(35)22(13-18-7-9-20(34)10-8-18)30-27(37)31-24-12-11-23(40-24)26(36)38-21-5-3-4-6-21/h7-12,15-16,21-22H,3-6,13-14H2,1-2H3,(H3-,29,30,31,34,35,36,37)/p+1/t22-/m0/s1. The Morgan fingerprint density at radius 2 is 1.85 bits per heavy atom. The van der Waals surface area contributed by atoms with Crippen LogP contribution in [0, 0.1) is 6.92 Å². The zero-order valence-electron chi connectivity index (χ0n) is 22.3. The fraction of sp³-hybridized carbons (Fsp3) is 0.357. The van der Waals surface area contributed by atoms with Crippen molar-refractivity contribution in [3.8, 4) is 5.75 Å². The number of phenolic OH excluding ortho intramolecular Hbond substituents is 1. The molecule has 3 amide bonds. The number of rotatable bonds is 9. The minimum Gasteiger partial charge on any atom is -0.508 e. The van der Waals surface area contributed by atoms with Crippen LogP contribution in [-0.2, 0) is 29.5 Å². The largest absolute Gasteiger partial charge is 0.508 e. The van der Waals surface area contributed by atoms with Gasteiger partial charge in [0, 0.05) is 11.3 Å². The van der Waals surface area contributed by atoms with Crippen molar-refractivity contribution in [2.45, 2.75) is 57.7 Å². The molecular weight excluding hydrogens is 550 g/mol. The van der Waals surface area contributed by atoms with E-state index in [9.17, 15) is 19.5 Å². The number of fused-ring (bicyclic) bond motifs is 1. The monoisotopic (exact) mass is 582 g/mol. The number of aromatic hydroxyl groups is 1. The highest BCUT2D eigenvalue weighted by molar-refractivity contribution is 7.18. The lowest BCUT2D eigenvalue weighted by Crippen LogP contribution is -2.49. The maximum atomic E-state index is 13.3. The van der Waals surface area contributed by atoms with Crippen molar-refractivity contribution in [3.05, 3.63) is 69.8 Å². The number of phenols is 1. The van der Waals surface area contributed by atoms with Crippen molar-refractivity contribution >= 4 is 50.5 Å². The number of urea groups is 1. The fourth-order valence-corrected chi connectivity index (χ4v) is 6.46. The van der Waals surface area contributed by atoms with E-state index < -0.39 is 12.1 Å². The van der Waals surface area contributed by atoms with E-state index in [1.807, 2.05) is 35.3 Å². The second kappa shape index (κ2) is 12.1. The van der Waals surface area contributed by atoms with Gasteiger partial charge in [-0.15, -0.1) is 11.3 Å². The second-order valence-electron chi connectivity index (χ2n) is 9.93. The van der Waals surface area contributed by atoms with Gasteiger partial charge < -0.3 is 20.5 Å². The van der Waals surface area contributed by atoms with E-state index in [1.54, 1.807) is 35.6 Å². The first kappa shape index (κ1) is 27.7. The number of hydrogen-bond donors (Lipinski definition) is 4. The summed E-state index contributed by atoms with van der Waals surface area (Å²) in [6, 6.07) is 8.32. The van der Waals surface area contributed by atoms with Gasteiger partial charge in [-0.05, 0) is 62.4 Å². The molecule has 0 aliphatic heterocycles. The Balaban J connectivity index is 1.23. The summed E-state index contributed by atoms with van der Waals surface area (Å²) in [5.74, 6) is -0.614. The van der Waals surface area contributed by atoms with Gasteiger partial charge in [0.1, 0.15) is 35.2 Å². The molecule has 5 rings (SSSR count). The van der Waals surface area contributed by atoms with Gasteiger partial charge in [0.2, 0.25) is 5.91 Å². The molecule has 10 nitrogen and oxygen atoms in total. The molecule has 0 spiro atoms. The van der Waals surface area contributed by atoms with Gasteiger partial charge in [-0.1, -0.05) is 23.5 Å². The molecule has 40 heavy (non-hydrogen) atoms. The Labute approximate surface area is 239 Å². The zero-order chi connectivity index (χ0) is 28.2. The van der Waals surface area contributed by atoms with Crippen LogP contribution in [0.1, 0.15) is 51.5 Å². The van der Waals surface area contributed by atoms with Crippen LogP contribution >= 0.6 is 22.7 Å². The van der Waals surface area contributed by atoms with Crippen LogP contribution in [0.15, 0.2) is 48.8 Å². The Morgan fingerprint density at radius 1 is 1.10 bits per heavy atom. The number of anilines is 1. The topological polar surface area (TPSA) is 126 Å². The number of benzene rings is 1. The first-order valence-electron chi connectivity index (χ1n) is 13.1. The van der Waals surface area contributed by atoms with E-state index in [0.29, 0.717) is 9.88 Å². The van der Waals surface area contributed by atoms with E-state index in [0.717, 1.165) is 53.2 Å². The number of thiophene rings is 1. The van der Waals surface area contributed by atoms with E-state index in [2.05, 4.69) is 16.0 Å². The number of imidazole rings is 1. The van der Waals surface area contributed by atoms with Crippen molar-refractivity contribution in [2.24, 2.45) is 7.05 Å².